The van der Waals surface area contributed by atoms with Crippen LogP contribution in [0.4, 0.5) is 21.7 Å². The average molecular weight is 295 g/mol. The van der Waals surface area contributed by atoms with Crippen LogP contribution >= 0.6 is 11.6 Å². The summed E-state index contributed by atoms with van der Waals surface area (Å²) in [5.41, 5.74) is 1.13. The molecule has 0 amide bonds. The number of nitrogens with zero attached hydrogens (tertiary/aromatic N) is 2. The van der Waals surface area contributed by atoms with Crippen LogP contribution in [0.3, 0.4) is 0 Å². The van der Waals surface area contributed by atoms with Gasteiger partial charge in [0.2, 0.25) is 0 Å². The molecule has 0 spiro atoms. The van der Waals surface area contributed by atoms with Crippen molar-refractivity contribution in [3.63, 3.8) is 0 Å². The molecule has 1 aromatic carbocycles. The van der Waals surface area contributed by atoms with Crippen molar-refractivity contribution < 1.29 is 4.39 Å². The molecular weight excluding hydrogens is 279 g/mol. The highest BCUT2D eigenvalue weighted by Crippen LogP contribution is 2.27. The van der Waals surface area contributed by atoms with Crippen LogP contribution in [0.15, 0.2) is 24.5 Å². The first-order valence-corrected chi connectivity index (χ1v) is 6.77. The smallest absolute Gasteiger partial charge is 0.165 e. The minimum atomic E-state index is -0.491. The molecule has 0 aliphatic heterocycles. The number of nitrogens with one attached hydrogen (secondary N) is 2. The van der Waals surface area contributed by atoms with Gasteiger partial charge in [-0.1, -0.05) is 24.6 Å². The third-order valence-corrected chi connectivity index (χ3v) is 3.12. The quantitative estimate of drug-likeness (QED) is 0.870. The van der Waals surface area contributed by atoms with Crippen molar-refractivity contribution in [2.75, 3.05) is 17.2 Å². The van der Waals surface area contributed by atoms with Crippen LogP contribution < -0.4 is 10.6 Å². The van der Waals surface area contributed by atoms with Crippen molar-refractivity contribution in [3.05, 3.63) is 40.9 Å². The fourth-order valence-electron chi connectivity index (χ4n) is 1.73. The molecule has 4 nitrogen and oxygen atoms in total. The van der Waals surface area contributed by atoms with Gasteiger partial charge in [0, 0.05) is 12.1 Å². The maximum absolute atomic E-state index is 13.9. The third-order valence-electron chi connectivity index (χ3n) is 2.83. The topological polar surface area (TPSA) is 49.8 Å². The van der Waals surface area contributed by atoms with Crippen molar-refractivity contribution >= 4 is 28.9 Å². The number of hydrogen-bond donors (Lipinski definition) is 2. The van der Waals surface area contributed by atoms with E-state index >= 15 is 0 Å². The van der Waals surface area contributed by atoms with Gasteiger partial charge in [-0.3, -0.25) is 0 Å². The number of anilines is 3. The summed E-state index contributed by atoms with van der Waals surface area (Å²) < 4.78 is 13.9. The van der Waals surface area contributed by atoms with E-state index in [2.05, 4.69) is 27.5 Å². The van der Waals surface area contributed by atoms with E-state index in [9.17, 15) is 4.39 Å². The highest BCUT2D eigenvalue weighted by molar-refractivity contribution is 6.31. The minimum Gasteiger partial charge on any atom is -0.370 e. The van der Waals surface area contributed by atoms with Gasteiger partial charge in [-0.25, -0.2) is 14.4 Å². The zero-order chi connectivity index (χ0) is 14.5. The van der Waals surface area contributed by atoms with Gasteiger partial charge in [-0.15, -0.1) is 0 Å². The van der Waals surface area contributed by atoms with Gasteiger partial charge >= 0.3 is 0 Å². The van der Waals surface area contributed by atoms with E-state index < -0.39 is 5.82 Å². The van der Waals surface area contributed by atoms with E-state index in [1.807, 2.05) is 6.92 Å². The van der Waals surface area contributed by atoms with E-state index in [1.165, 1.54) is 12.4 Å². The van der Waals surface area contributed by atoms with E-state index in [0.717, 1.165) is 24.3 Å². The molecule has 1 heterocycles. The molecule has 0 atom stereocenters. The lowest BCUT2D eigenvalue weighted by Gasteiger charge is -2.13. The lowest BCUT2D eigenvalue weighted by molar-refractivity contribution is 0.632. The normalized spacial score (nSPS) is 10.4. The Balaban J connectivity index is 2.27. The summed E-state index contributed by atoms with van der Waals surface area (Å²) in [6, 6.07) is 4.80. The van der Waals surface area contributed by atoms with Crippen molar-refractivity contribution in [2.45, 2.75) is 20.3 Å². The summed E-state index contributed by atoms with van der Waals surface area (Å²) in [6.45, 7) is 4.77. The number of aromatic nitrogens is 2. The Hall–Kier alpha value is -1.88. The molecular formula is C14H16ClFN4. The van der Waals surface area contributed by atoms with Crippen LogP contribution in [0.5, 0.6) is 0 Å². The fourth-order valence-corrected chi connectivity index (χ4v) is 1.90. The summed E-state index contributed by atoms with van der Waals surface area (Å²) in [5.74, 6) is 0.807. The van der Waals surface area contributed by atoms with Gasteiger partial charge in [-0.2, -0.15) is 0 Å². The predicted molar refractivity (Wildman–Crippen MR) is 80.2 cm³/mol. The zero-order valence-corrected chi connectivity index (χ0v) is 12.1. The van der Waals surface area contributed by atoms with Gasteiger partial charge in [-0.05, 0) is 25.5 Å². The molecule has 0 unspecified atom stereocenters. The van der Waals surface area contributed by atoms with Gasteiger partial charge < -0.3 is 10.6 Å². The molecule has 0 radical (unpaired) electrons. The second-order valence-corrected chi connectivity index (χ2v) is 4.76. The summed E-state index contributed by atoms with van der Waals surface area (Å²) in [6.07, 6.45) is 2.44. The van der Waals surface area contributed by atoms with Gasteiger partial charge in [0.25, 0.3) is 0 Å². The Kier molecular flexibility index (Phi) is 4.74. The standard InChI is InChI=1S/C14H16ClFN4/c1-3-7-17-13-9(2)14(19-8-18-13)20-11-6-4-5-10(15)12(11)16/h4-6,8H,3,7H2,1-2H3,(H2,17,18,19,20). The minimum absolute atomic E-state index is 0.0750. The fraction of sp³-hybridized carbons (Fsp3) is 0.286. The molecule has 2 rings (SSSR count). The second kappa shape index (κ2) is 6.52. The number of benzene rings is 1. The molecule has 2 aromatic rings. The molecule has 6 heteroatoms. The first-order valence-electron chi connectivity index (χ1n) is 6.40. The van der Waals surface area contributed by atoms with Crippen LogP contribution in [0, 0.1) is 12.7 Å². The van der Waals surface area contributed by atoms with E-state index in [0.29, 0.717) is 11.5 Å². The number of halogens is 2. The SMILES string of the molecule is CCCNc1ncnc(Nc2cccc(Cl)c2F)c1C. The Morgan fingerprint density at radius 1 is 1.25 bits per heavy atom. The number of rotatable bonds is 5. The first-order chi connectivity index (χ1) is 9.63. The highest BCUT2D eigenvalue weighted by Gasteiger charge is 2.10. The molecule has 2 N–H and O–H groups in total. The summed E-state index contributed by atoms with van der Waals surface area (Å²) in [5, 5.41) is 6.23. The van der Waals surface area contributed by atoms with Gasteiger partial charge in [0.15, 0.2) is 5.82 Å². The third kappa shape index (κ3) is 3.17. The Morgan fingerprint density at radius 2 is 2.00 bits per heavy atom. The van der Waals surface area contributed by atoms with Crippen LogP contribution in [0.2, 0.25) is 5.02 Å². The first kappa shape index (κ1) is 14.5. The maximum Gasteiger partial charge on any atom is 0.165 e. The summed E-state index contributed by atoms with van der Waals surface area (Å²) in [4.78, 5) is 8.32. The van der Waals surface area contributed by atoms with Crippen LogP contribution in [0.25, 0.3) is 0 Å². The van der Waals surface area contributed by atoms with Crippen molar-refractivity contribution in [2.24, 2.45) is 0 Å². The monoisotopic (exact) mass is 294 g/mol. The van der Waals surface area contributed by atoms with E-state index in [-0.39, 0.29) is 5.02 Å². The van der Waals surface area contributed by atoms with E-state index in [1.54, 1.807) is 12.1 Å². The molecule has 20 heavy (non-hydrogen) atoms. The Bertz CT molecular complexity index is 604. The molecule has 1 aromatic heterocycles. The Labute approximate surface area is 122 Å². The van der Waals surface area contributed by atoms with Crippen LogP contribution in [-0.2, 0) is 0 Å². The largest absolute Gasteiger partial charge is 0.370 e. The van der Waals surface area contributed by atoms with Gasteiger partial charge in [0.05, 0.1) is 10.7 Å². The maximum atomic E-state index is 13.9. The molecule has 0 saturated heterocycles. The molecule has 0 aliphatic rings. The average Bonchev–Trinajstić information content (AvgIpc) is 2.44. The van der Waals surface area contributed by atoms with Gasteiger partial charge in [0.1, 0.15) is 18.0 Å². The molecule has 0 aliphatic carbocycles. The van der Waals surface area contributed by atoms with Crippen molar-refractivity contribution in [1.82, 2.24) is 9.97 Å². The summed E-state index contributed by atoms with van der Waals surface area (Å²) in [7, 11) is 0. The second-order valence-electron chi connectivity index (χ2n) is 4.35. The number of hydrogen-bond acceptors (Lipinski definition) is 4. The van der Waals surface area contributed by atoms with Crippen LogP contribution in [-0.4, -0.2) is 16.5 Å². The molecule has 0 fully saturated rings. The lowest BCUT2D eigenvalue weighted by atomic mass is 10.2. The lowest BCUT2D eigenvalue weighted by Crippen LogP contribution is -2.07. The van der Waals surface area contributed by atoms with Crippen molar-refractivity contribution in [1.29, 1.82) is 0 Å². The zero-order valence-electron chi connectivity index (χ0n) is 11.4. The highest BCUT2D eigenvalue weighted by atomic mass is 35.5. The molecule has 0 bridgehead atoms. The van der Waals surface area contributed by atoms with Crippen molar-refractivity contribution in [3.8, 4) is 0 Å². The molecule has 106 valence electrons. The van der Waals surface area contributed by atoms with E-state index in [4.69, 9.17) is 11.6 Å². The summed E-state index contributed by atoms with van der Waals surface area (Å²) >= 11 is 5.76. The van der Waals surface area contributed by atoms with Crippen LogP contribution in [0.1, 0.15) is 18.9 Å². The predicted octanol–water partition coefficient (Wildman–Crippen LogP) is 4.14. The Morgan fingerprint density at radius 3 is 2.75 bits per heavy atom. The molecule has 0 saturated carbocycles.